The van der Waals surface area contributed by atoms with Gasteiger partial charge in [0, 0.05) is 16.0 Å². The molecule has 5 nitrogen and oxygen atoms in total. The lowest BCUT2D eigenvalue weighted by atomic mass is 10.0. The van der Waals surface area contributed by atoms with Gasteiger partial charge in [-0.15, -0.1) is 0 Å². The van der Waals surface area contributed by atoms with E-state index >= 15 is 0 Å². The van der Waals surface area contributed by atoms with Crippen LogP contribution in [0.4, 0.5) is 0 Å². The number of ether oxygens (including phenoxy) is 1. The summed E-state index contributed by atoms with van der Waals surface area (Å²) in [6.45, 7) is 2.16. The number of carbonyl (C=O) groups excluding carboxylic acids is 1. The van der Waals surface area contributed by atoms with Crippen LogP contribution in [0.25, 0.3) is 22.6 Å². The first-order valence-electron chi connectivity index (χ1n) is 11.5. The number of nitrogens with one attached hydrogen (secondary N) is 1. The van der Waals surface area contributed by atoms with Crippen molar-refractivity contribution in [3.8, 4) is 5.75 Å². The predicted molar refractivity (Wildman–Crippen MR) is 141 cm³/mol. The van der Waals surface area contributed by atoms with Crippen LogP contribution >= 0.6 is 11.6 Å². The van der Waals surface area contributed by atoms with Gasteiger partial charge in [-0.2, -0.15) is 0 Å². The van der Waals surface area contributed by atoms with Crippen LogP contribution in [0, 0.1) is 0 Å². The molecule has 1 aromatic heterocycles. The van der Waals surface area contributed by atoms with Gasteiger partial charge in [-0.3, -0.25) is 4.79 Å². The van der Waals surface area contributed by atoms with Crippen molar-refractivity contribution in [3.05, 3.63) is 107 Å². The summed E-state index contributed by atoms with van der Waals surface area (Å²) in [7, 11) is 0. The van der Waals surface area contributed by atoms with Crippen LogP contribution in [0.15, 0.2) is 84.9 Å². The fourth-order valence-corrected chi connectivity index (χ4v) is 3.75. The summed E-state index contributed by atoms with van der Waals surface area (Å²) in [4.78, 5) is 17.7. The fraction of sp³-hybridized carbons (Fsp3) is 0.172. The van der Waals surface area contributed by atoms with E-state index in [4.69, 9.17) is 16.3 Å². The van der Waals surface area contributed by atoms with Gasteiger partial charge in [0.05, 0.1) is 23.9 Å². The molecule has 1 unspecified atom stereocenters. The lowest BCUT2D eigenvalue weighted by Crippen LogP contribution is -2.37. The zero-order chi connectivity index (χ0) is 24.6. The number of nitrogens with zero attached hydrogens (tertiary/aromatic N) is 1. The van der Waals surface area contributed by atoms with Gasteiger partial charge < -0.3 is 15.2 Å². The second kappa shape index (κ2) is 11.6. The maximum atomic E-state index is 13.0. The highest BCUT2D eigenvalue weighted by atomic mass is 35.5. The quantitative estimate of drug-likeness (QED) is 0.228. The van der Waals surface area contributed by atoms with Gasteiger partial charge in [0.25, 0.3) is 5.91 Å². The zero-order valence-corrected chi connectivity index (χ0v) is 20.2. The Morgan fingerprint density at radius 2 is 1.77 bits per heavy atom. The smallest absolute Gasteiger partial charge is 0.252 e. The standard InChI is InChI=1S/C29H27ClN2O3/c1-2-24(18-33)32-29(34)27(21-9-12-23(30)13-10-21)17-20-7-15-26(16-8-20)35-19-25-14-11-22-5-3-4-6-28(22)31-25/h3-17,24,33H,2,18-19H2,1H3,(H,32,34)/b27-17+. The van der Waals surface area contributed by atoms with E-state index in [9.17, 15) is 9.90 Å². The van der Waals surface area contributed by atoms with Crippen LogP contribution < -0.4 is 10.1 Å². The highest BCUT2D eigenvalue weighted by Gasteiger charge is 2.16. The third kappa shape index (κ3) is 6.47. The third-order valence-electron chi connectivity index (χ3n) is 5.68. The first-order chi connectivity index (χ1) is 17.1. The Balaban J connectivity index is 1.50. The van der Waals surface area contributed by atoms with Crippen molar-refractivity contribution in [2.45, 2.75) is 26.0 Å². The van der Waals surface area contributed by atoms with Gasteiger partial charge in [-0.1, -0.05) is 67.1 Å². The van der Waals surface area contributed by atoms with Crippen LogP contribution in [0.2, 0.25) is 5.02 Å². The van der Waals surface area contributed by atoms with E-state index in [1.807, 2.05) is 85.8 Å². The van der Waals surface area contributed by atoms with E-state index < -0.39 is 0 Å². The predicted octanol–water partition coefficient (Wildman–Crippen LogP) is 5.89. The minimum atomic E-state index is -0.308. The molecule has 0 saturated carbocycles. The normalized spacial score (nSPS) is 12.4. The molecule has 0 fully saturated rings. The molecule has 0 spiro atoms. The number of hydrogen-bond donors (Lipinski definition) is 2. The zero-order valence-electron chi connectivity index (χ0n) is 19.4. The van der Waals surface area contributed by atoms with E-state index in [2.05, 4.69) is 10.3 Å². The number of rotatable bonds is 9. The summed E-state index contributed by atoms with van der Waals surface area (Å²) in [5.41, 5.74) is 3.86. The van der Waals surface area contributed by atoms with Crippen molar-refractivity contribution in [1.29, 1.82) is 0 Å². The lowest BCUT2D eigenvalue weighted by Gasteiger charge is -2.16. The summed E-state index contributed by atoms with van der Waals surface area (Å²) < 4.78 is 5.92. The number of benzene rings is 3. The molecule has 0 saturated heterocycles. The summed E-state index contributed by atoms with van der Waals surface area (Å²) >= 11 is 6.03. The second-order valence-electron chi connectivity index (χ2n) is 8.18. The van der Waals surface area contributed by atoms with E-state index in [-0.39, 0.29) is 18.6 Å². The van der Waals surface area contributed by atoms with Gasteiger partial charge in [0.15, 0.2) is 0 Å². The van der Waals surface area contributed by atoms with Gasteiger partial charge in [-0.25, -0.2) is 4.98 Å². The Morgan fingerprint density at radius 1 is 1.03 bits per heavy atom. The fourth-order valence-electron chi connectivity index (χ4n) is 3.62. The molecule has 3 aromatic carbocycles. The maximum absolute atomic E-state index is 13.0. The number of amides is 1. The molecule has 35 heavy (non-hydrogen) atoms. The summed E-state index contributed by atoms with van der Waals surface area (Å²) in [6, 6.07) is 26.3. The van der Waals surface area contributed by atoms with Crippen molar-refractivity contribution in [1.82, 2.24) is 10.3 Å². The number of carbonyl (C=O) groups is 1. The van der Waals surface area contributed by atoms with Gasteiger partial charge in [0.2, 0.25) is 0 Å². The summed E-state index contributed by atoms with van der Waals surface area (Å²) in [5, 5.41) is 14.1. The molecule has 0 aliphatic heterocycles. The van der Waals surface area contributed by atoms with Crippen LogP contribution in [-0.2, 0) is 11.4 Å². The Morgan fingerprint density at radius 3 is 2.49 bits per heavy atom. The number of halogens is 1. The van der Waals surface area contributed by atoms with Crippen molar-refractivity contribution < 1.29 is 14.6 Å². The topological polar surface area (TPSA) is 71.5 Å². The number of fused-ring (bicyclic) bond motifs is 1. The van der Waals surface area contributed by atoms with Crippen LogP contribution in [0.3, 0.4) is 0 Å². The number of hydrogen-bond acceptors (Lipinski definition) is 4. The largest absolute Gasteiger partial charge is 0.487 e. The van der Waals surface area contributed by atoms with E-state index in [0.29, 0.717) is 29.4 Å². The van der Waals surface area contributed by atoms with Crippen LogP contribution in [0.1, 0.15) is 30.2 Å². The number of aliphatic hydroxyl groups excluding tert-OH is 1. The molecule has 1 heterocycles. The molecule has 4 rings (SSSR count). The molecular weight excluding hydrogens is 460 g/mol. The molecule has 4 aromatic rings. The molecular formula is C29H27ClN2O3. The molecule has 178 valence electrons. The molecule has 0 bridgehead atoms. The van der Waals surface area contributed by atoms with Gasteiger partial charge in [0.1, 0.15) is 12.4 Å². The lowest BCUT2D eigenvalue weighted by molar-refractivity contribution is -0.116. The average molecular weight is 487 g/mol. The molecule has 0 aliphatic rings. The van der Waals surface area contributed by atoms with Crippen LogP contribution in [0.5, 0.6) is 5.75 Å². The SMILES string of the molecule is CCC(CO)NC(=O)/C(=C/c1ccc(OCc2ccc3ccccc3n2)cc1)c1ccc(Cl)cc1. The summed E-state index contributed by atoms with van der Waals surface area (Å²) in [6.07, 6.45) is 2.45. The van der Waals surface area contributed by atoms with E-state index in [0.717, 1.165) is 27.7 Å². The molecule has 2 N–H and O–H groups in total. The van der Waals surface area contributed by atoms with E-state index in [1.54, 1.807) is 12.1 Å². The van der Waals surface area contributed by atoms with Crippen LogP contribution in [-0.4, -0.2) is 28.6 Å². The Hall–Kier alpha value is -3.67. The monoisotopic (exact) mass is 486 g/mol. The number of para-hydroxylation sites is 1. The van der Waals surface area contributed by atoms with Gasteiger partial charge >= 0.3 is 0 Å². The Bertz CT molecular complexity index is 1310. The molecule has 1 atom stereocenters. The number of aliphatic hydroxyl groups is 1. The highest BCUT2D eigenvalue weighted by molar-refractivity contribution is 6.31. The molecule has 1 amide bonds. The molecule has 0 aliphatic carbocycles. The number of pyridine rings is 1. The van der Waals surface area contributed by atoms with Gasteiger partial charge in [-0.05, 0) is 60.0 Å². The summed E-state index contributed by atoms with van der Waals surface area (Å²) in [5.74, 6) is 0.455. The maximum Gasteiger partial charge on any atom is 0.252 e. The average Bonchev–Trinajstić information content (AvgIpc) is 2.90. The molecule has 6 heteroatoms. The van der Waals surface area contributed by atoms with Crippen molar-refractivity contribution in [2.24, 2.45) is 0 Å². The minimum Gasteiger partial charge on any atom is -0.487 e. The number of aromatic nitrogens is 1. The van der Waals surface area contributed by atoms with Crippen molar-refractivity contribution in [3.63, 3.8) is 0 Å². The highest BCUT2D eigenvalue weighted by Crippen LogP contribution is 2.23. The first kappa shape index (κ1) is 24.5. The second-order valence-corrected chi connectivity index (χ2v) is 8.62. The Kier molecular flexibility index (Phi) is 8.14. The van der Waals surface area contributed by atoms with Crippen molar-refractivity contribution in [2.75, 3.05) is 6.61 Å². The molecule has 0 radical (unpaired) electrons. The van der Waals surface area contributed by atoms with Crippen molar-refractivity contribution >= 4 is 40.1 Å². The van der Waals surface area contributed by atoms with E-state index in [1.165, 1.54) is 0 Å². The first-order valence-corrected chi connectivity index (χ1v) is 11.9. The third-order valence-corrected chi connectivity index (χ3v) is 5.93. The minimum absolute atomic E-state index is 0.117. The Labute approximate surface area is 210 Å².